The minimum Gasteiger partial charge on any atom is -0.438 e. The number of fused-ring (bicyclic) bond motifs is 1. The second kappa shape index (κ2) is 8.50. The van der Waals surface area contributed by atoms with E-state index in [4.69, 9.17) is 4.42 Å². The van der Waals surface area contributed by atoms with Crippen LogP contribution in [0.15, 0.2) is 70.2 Å². The van der Waals surface area contributed by atoms with E-state index in [0.29, 0.717) is 18.8 Å². The maximum atomic E-state index is 12.8. The van der Waals surface area contributed by atoms with Crippen molar-refractivity contribution >= 4 is 43.2 Å². The van der Waals surface area contributed by atoms with Gasteiger partial charge in [-0.3, -0.25) is 4.79 Å². The molecular weight excluding hydrogens is 446 g/mol. The highest BCUT2D eigenvalue weighted by atomic mass is 32.2. The lowest BCUT2D eigenvalue weighted by atomic mass is 10.2. The predicted octanol–water partition coefficient (Wildman–Crippen LogP) is 4.98. The number of sulfonamides is 1. The Balaban J connectivity index is 1.34. The van der Waals surface area contributed by atoms with E-state index in [2.05, 4.69) is 10.3 Å². The van der Waals surface area contributed by atoms with Crippen molar-refractivity contribution in [2.24, 2.45) is 0 Å². The van der Waals surface area contributed by atoms with Gasteiger partial charge in [0.15, 0.2) is 5.76 Å². The van der Waals surface area contributed by atoms with Gasteiger partial charge in [-0.15, -0.1) is 11.3 Å². The normalized spacial score (nSPS) is 15.1. The van der Waals surface area contributed by atoms with Crippen LogP contribution in [0.5, 0.6) is 0 Å². The van der Waals surface area contributed by atoms with Crippen LogP contribution in [0.4, 0.5) is 5.69 Å². The molecule has 1 saturated heterocycles. The number of amides is 1. The fourth-order valence-electron chi connectivity index (χ4n) is 3.73. The molecule has 1 aliphatic heterocycles. The van der Waals surface area contributed by atoms with Crippen molar-refractivity contribution < 1.29 is 17.6 Å². The monoisotopic (exact) mass is 467 g/mol. The van der Waals surface area contributed by atoms with Crippen LogP contribution in [-0.4, -0.2) is 36.7 Å². The number of carbonyl (C=O) groups is 1. The molecule has 2 aromatic carbocycles. The Hall–Kier alpha value is -3.01. The first-order valence-electron chi connectivity index (χ1n) is 10.4. The van der Waals surface area contributed by atoms with E-state index in [1.54, 1.807) is 17.4 Å². The number of nitrogens with zero attached hydrogens (tertiary/aromatic N) is 2. The minimum absolute atomic E-state index is 0.0500. The van der Waals surface area contributed by atoms with Gasteiger partial charge in [0.1, 0.15) is 5.01 Å². The molecule has 32 heavy (non-hydrogen) atoms. The van der Waals surface area contributed by atoms with Gasteiger partial charge >= 0.3 is 0 Å². The quantitative estimate of drug-likeness (QED) is 0.447. The Labute approximate surface area is 189 Å². The Morgan fingerprint density at radius 2 is 1.81 bits per heavy atom. The summed E-state index contributed by atoms with van der Waals surface area (Å²) in [5.74, 6) is -0.558. The molecule has 5 rings (SSSR count). The summed E-state index contributed by atoms with van der Waals surface area (Å²) >= 11 is 1.58. The summed E-state index contributed by atoms with van der Waals surface area (Å²) in [6.07, 6.45) is 2.68. The lowest BCUT2D eigenvalue weighted by Crippen LogP contribution is -2.35. The van der Waals surface area contributed by atoms with Gasteiger partial charge in [-0.05, 0) is 49.2 Å². The first-order chi connectivity index (χ1) is 15.5. The van der Waals surface area contributed by atoms with Crippen molar-refractivity contribution in [3.63, 3.8) is 0 Å². The number of hydrogen-bond donors (Lipinski definition) is 1. The molecule has 1 fully saturated rings. The lowest BCUT2D eigenvalue weighted by molar-refractivity contribution is 0.0991. The van der Waals surface area contributed by atoms with Crippen LogP contribution in [0.1, 0.15) is 29.8 Å². The number of furan rings is 1. The zero-order chi connectivity index (χ0) is 22.1. The van der Waals surface area contributed by atoms with Crippen LogP contribution in [-0.2, 0) is 10.0 Å². The minimum atomic E-state index is -3.72. The van der Waals surface area contributed by atoms with Crippen molar-refractivity contribution in [3.05, 3.63) is 66.4 Å². The smallest absolute Gasteiger partial charge is 0.291 e. The number of piperidine rings is 1. The van der Waals surface area contributed by atoms with E-state index < -0.39 is 15.9 Å². The van der Waals surface area contributed by atoms with E-state index in [0.717, 1.165) is 40.1 Å². The Kier molecular flexibility index (Phi) is 5.54. The second-order valence-electron chi connectivity index (χ2n) is 7.61. The Morgan fingerprint density at radius 1 is 1.00 bits per heavy atom. The molecule has 164 valence electrons. The molecule has 1 aliphatic rings. The lowest BCUT2D eigenvalue weighted by Gasteiger charge is -2.24. The number of nitrogens with one attached hydrogen (secondary N) is 1. The number of thiazole rings is 1. The molecule has 0 radical (unpaired) electrons. The molecule has 7 nitrogen and oxygen atoms in total. The number of para-hydroxylation sites is 1. The van der Waals surface area contributed by atoms with E-state index in [1.807, 2.05) is 42.5 Å². The molecule has 0 aliphatic carbocycles. The first kappa shape index (κ1) is 20.9. The molecule has 0 spiro atoms. The largest absolute Gasteiger partial charge is 0.438 e. The molecule has 9 heteroatoms. The maximum absolute atomic E-state index is 12.8. The molecule has 3 heterocycles. The summed E-state index contributed by atoms with van der Waals surface area (Å²) in [5.41, 5.74) is 2.39. The zero-order valence-electron chi connectivity index (χ0n) is 17.2. The summed E-state index contributed by atoms with van der Waals surface area (Å²) in [7, 11) is -3.72. The Bertz CT molecular complexity index is 1350. The van der Waals surface area contributed by atoms with Crippen LogP contribution in [0.3, 0.4) is 0 Å². The van der Waals surface area contributed by atoms with Gasteiger partial charge in [-0.25, -0.2) is 13.4 Å². The van der Waals surface area contributed by atoms with Crippen molar-refractivity contribution in [1.29, 1.82) is 0 Å². The van der Waals surface area contributed by atoms with Crippen LogP contribution < -0.4 is 5.32 Å². The average Bonchev–Trinajstić information content (AvgIpc) is 3.48. The zero-order valence-corrected chi connectivity index (χ0v) is 18.8. The highest BCUT2D eigenvalue weighted by Gasteiger charge is 2.29. The van der Waals surface area contributed by atoms with Crippen LogP contribution in [0, 0.1) is 0 Å². The van der Waals surface area contributed by atoms with Crippen LogP contribution in [0.2, 0.25) is 0 Å². The first-order valence-corrected chi connectivity index (χ1v) is 12.6. The van der Waals surface area contributed by atoms with Gasteiger partial charge in [0.05, 0.1) is 10.2 Å². The van der Waals surface area contributed by atoms with Crippen LogP contribution in [0.25, 0.3) is 20.8 Å². The van der Waals surface area contributed by atoms with E-state index >= 15 is 0 Å². The molecular formula is C23H21N3O4S2. The highest BCUT2D eigenvalue weighted by molar-refractivity contribution is 7.89. The van der Waals surface area contributed by atoms with E-state index in [9.17, 15) is 13.2 Å². The molecule has 0 atom stereocenters. The highest BCUT2D eigenvalue weighted by Crippen LogP contribution is 2.31. The molecule has 0 saturated carbocycles. The standard InChI is InChI=1S/C23H21N3O4S2/c27-22(19-11-12-21(30-19)32(28,29)26-13-4-1-5-14-26)24-17-8-6-7-16(15-17)23-25-18-9-2-3-10-20(18)31-23/h2-3,6-12,15H,1,4-5,13-14H2,(H,24,27). The number of benzene rings is 2. The molecule has 1 N–H and O–H groups in total. The van der Waals surface area contributed by atoms with E-state index in [-0.39, 0.29) is 10.9 Å². The van der Waals surface area contributed by atoms with Gasteiger partial charge in [0.2, 0.25) is 5.09 Å². The topological polar surface area (TPSA) is 92.5 Å². The van der Waals surface area contributed by atoms with Crippen LogP contribution >= 0.6 is 11.3 Å². The van der Waals surface area contributed by atoms with Gasteiger partial charge in [-0.1, -0.05) is 30.7 Å². The molecule has 1 amide bonds. The molecule has 4 aromatic rings. The second-order valence-corrected chi connectivity index (χ2v) is 10.5. The van der Waals surface area contributed by atoms with Gasteiger partial charge in [-0.2, -0.15) is 4.31 Å². The summed E-state index contributed by atoms with van der Waals surface area (Å²) in [5, 5.41) is 3.44. The Morgan fingerprint density at radius 3 is 2.62 bits per heavy atom. The molecule has 0 bridgehead atoms. The number of rotatable bonds is 5. The van der Waals surface area contributed by atoms with E-state index in [1.165, 1.54) is 16.4 Å². The third kappa shape index (κ3) is 4.06. The van der Waals surface area contributed by atoms with Crippen molar-refractivity contribution in [1.82, 2.24) is 9.29 Å². The summed E-state index contributed by atoms with van der Waals surface area (Å²) in [4.78, 5) is 17.3. The molecule has 2 aromatic heterocycles. The van der Waals surface area contributed by atoms with Gasteiger partial charge in [0, 0.05) is 24.3 Å². The number of carbonyl (C=O) groups excluding carboxylic acids is 1. The van der Waals surface area contributed by atoms with Gasteiger partial charge < -0.3 is 9.73 Å². The third-order valence-electron chi connectivity index (χ3n) is 5.38. The summed E-state index contributed by atoms with van der Waals surface area (Å²) in [6, 6.07) is 18.0. The fraction of sp³-hybridized carbons (Fsp3) is 0.217. The number of aromatic nitrogens is 1. The third-order valence-corrected chi connectivity index (χ3v) is 8.23. The molecule has 0 unspecified atom stereocenters. The SMILES string of the molecule is O=C(Nc1cccc(-c2nc3ccccc3s2)c1)c1ccc(S(=O)(=O)N2CCCCC2)o1. The number of hydrogen-bond acceptors (Lipinski definition) is 6. The van der Waals surface area contributed by atoms with Crippen molar-refractivity contribution in [2.75, 3.05) is 18.4 Å². The fourth-order valence-corrected chi connectivity index (χ4v) is 6.12. The summed E-state index contributed by atoms with van der Waals surface area (Å²) < 4.78 is 33.4. The van der Waals surface area contributed by atoms with Crippen molar-refractivity contribution in [3.8, 4) is 10.6 Å². The maximum Gasteiger partial charge on any atom is 0.291 e. The summed E-state index contributed by atoms with van der Waals surface area (Å²) in [6.45, 7) is 0.951. The predicted molar refractivity (Wildman–Crippen MR) is 124 cm³/mol. The number of anilines is 1. The average molecular weight is 468 g/mol. The van der Waals surface area contributed by atoms with Crippen molar-refractivity contribution in [2.45, 2.75) is 24.4 Å². The van der Waals surface area contributed by atoms with Gasteiger partial charge in [0.25, 0.3) is 15.9 Å².